The fourth-order valence-corrected chi connectivity index (χ4v) is 2.58. The van der Waals surface area contributed by atoms with E-state index < -0.39 is 0 Å². The second-order valence-corrected chi connectivity index (χ2v) is 5.52. The second-order valence-electron chi connectivity index (χ2n) is 5.52. The fraction of sp³-hybridized carbons (Fsp3) is 0.714. The Kier molecular flexibility index (Phi) is 4.53. The molecule has 18 heavy (non-hydrogen) atoms. The van der Waals surface area contributed by atoms with E-state index in [2.05, 4.69) is 17.2 Å². The van der Waals surface area contributed by atoms with Gasteiger partial charge in [-0.15, -0.1) is 0 Å². The van der Waals surface area contributed by atoms with Gasteiger partial charge in [-0.2, -0.15) is 0 Å². The Balaban J connectivity index is 1.78. The quantitative estimate of drug-likeness (QED) is 0.884. The molecular weight excluding hydrogens is 226 g/mol. The van der Waals surface area contributed by atoms with Gasteiger partial charge in [-0.25, -0.2) is 9.78 Å². The van der Waals surface area contributed by atoms with Gasteiger partial charge in [0.15, 0.2) is 0 Å². The molecule has 1 N–H and O–H groups in total. The summed E-state index contributed by atoms with van der Waals surface area (Å²) in [5, 5.41) is 3.55. The smallest absolute Gasteiger partial charge is 0.312 e. The predicted octanol–water partition coefficient (Wildman–Crippen LogP) is 1.72. The van der Waals surface area contributed by atoms with Crippen LogP contribution in [0, 0.1) is 12.8 Å². The summed E-state index contributed by atoms with van der Waals surface area (Å²) in [5.41, 5.74) is 0.876. The van der Waals surface area contributed by atoms with Crippen molar-refractivity contribution >= 4 is 0 Å². The second kappa shape index (κ2) is 6.14. The average molecular weight is 249 g/mol. The van der Waals surface area contributed by atoms with Crippen LogP contribution in [0.2, 0.25) is 0 Å². The lowest BCUT2D eigenvalue weighted by atomic mass is 9.87. The van der Waals surface area contributed by atoms with Gasteiger partial charge in [0.25, 0.3) is 0 Å². The van der Waals surface area contributed by atoms with Crippen LogP contribution in [0.3, 0.4) is 0 Å². The molecule has 0 bridgehead atoms. The molecule has 100 valence electrons. The van der Waals surface area contributed by atoms with E-state index in [0.717, 1.165) is 18.0 Å². The highest BCUT2D eigenvalue weighted by Crippen LogP contribution is 2.23. The summed E-state index contributed by atoms with van der Waals surface area (Å²) in [7, 11) is 0. The fourth-order valence-electron chi connectivity index (χ4n) is 2.58. The number of aromatic nitrogens is 2. The Morgan fingerprint density at radius 1 is 1.39 bits per heavy atom. The van der Waals surface area contributed by atoms with Crippen molar-refractivity contribution in [3.63, 3.8) is 0 Å². The highest BCUT2D eigenvalue weighted by molar-refractivity contribution is 4.99. The van der Waals surface area contributed by atoms with E-state index in [1.165, 1.54) is 25.7 Å². The highest BCUT2D eigenvalue weighted by atomic mass is 16.1. The van der Waals surface area contributed by atoms with E-state index in [4.69, 9.17) is 0 Å². The normalized spacial score (nSPS) is 24.1. The van der Waals surface area contributed by atoms with Gasteiger partial charge in [0.1, 0.15) is 0 Å². The predicted molar refractivity (Wildman–Crippen MR) is 72.7 cm³/mol. The van der Waals surface area contributed by atoms with Crippen molar-refractivity contribution in [3.05, 3.63) is 28.4 Å². The van der Waals surface area contributed by atoms with Crippen LogP contribution in [-0.4, -0.2) is 22.1 Å². The Hall–Kier alpha value is -1.16. The maximum absolute atomic E-state index is 11.5. The van der Waals surface area contributed by atoms with Crippen molar-refractivity contribution < 1.29 is 0 Å². The molecule has 0 atom stereocenters. The largest absolute Gasteiger partial charge is 0.347 e. The zero-order valence-electron chi connectivity index (χ0n) is 11.4. The average Bonchev–Trinajstić information content (AvgIpc) is 2.36. The minimum Gasteiger partial charge on any atom is -0.312 e. The number of aryl methyl sites for hydroxylation is 1. The first kappa shape index (κ1) is 13.3. The molecule has 4 nitrogen and oxygen atoms in total. The van der Waals surface area contributed by atoms with Crippen LogP contribution in [0.5, 0.6) is 0 Å². The molecule has 1 aliphatic carbocycles. The molecule has 1 saturated carbocycles. The summed E-state index contributed by atoms with van der Waals surface area (Å²) in [4.78, 5) is 15.4. The standard InChI is InChI=1S/C14H23N3O/c1-11-3-5-13(6-4-11)15-7-8-17-10-12(2)9-16-14(17)18/h9-11,13,15H,3-8H2,1-2H3. The van der Waals surface area contributed by atoms with Gasteiger partial charge in [-0.3, -0.25) is 4.57 Å². The molecule has 0 radical (unpaired) electrons. The van der Waals surface area contributed by atoms with Gasteiger partial charge in [-0.1, -0.05) is 6.92 Å². The van der Waals surface area contributed by atoms with E-state index in [9.17, 15) is 4.79 Å². The van der Waals surface area contributed by atoms with Crippen LogP contribution >= 0.6 is 0 Å². The van der Waals surface area contributed by atoms with Crippen molar-refractivity contribution in [2.75, 3.05) is 6.54 Å². The van der Waals surface area contributed by atoms with Crippen LogP contribution in [0.1, 0.15) is 38.2 Å². The minimum atomic E-state index is -0.153. The van der Waals surface area contributed by atoms with Gasteiger partial charge in [0.05, 0.1) is 0 Å². The molecule has 2 rings (SSSR count). The summed E-state index contributed by atoms with van der Waals surface area (Å²) in [6, 6.07) is 0.634. The number of hydrogen-bond acceptors (Lipinski definition) is 3. The number of hydrogen-bond donors (Lipinski definition) is 1. The van der Waals surface area contributed by atoms with Crippen molar-refractivity contribution in [3.8, 4) is 0 Å². The van der Waals surface area contributed by atoms with Gasteiger partial charge >= 0.3 is 5.69 Å². The first-order valence-corrected chi connectivity index (χ1v) is 6.91. The highest BCUT2D eigenvalue weighted by Gasteiger charge is 2.17. The lowest BCUT2D eigenvalue weighted by Crippen LogP contribution is -2.36. The molecule has 4 heteroatoms. The van der Waals surface area contributed by atoms with Crippen molar-refractivity contribution in [1.29, 1.82) is 0 Å². The monoisotopic (exact) mass is 249 g/mol. The number of rotatable bonds is 4. The summed E-state index contributed by atoms with van der Waals surface area (Å²) in [5.74, 6) is 0.881. The molecule has 1 fully saturated rings. The first-order chi connectivity index (χ1) is 8.65. The third kappa shape index (κ3) is 3.67. The molecule has 0 spiro atoms. The Morgan fingerprint density at radius 3 is 2.83 bits per heavy atom. The number of nitrogens with one attached hydrogen (secondary N) is 1. The minimum absolute atomic E-state index is 0.153. The third-order valence-corrected chi connectivity index (χ3v) is 3.79. The molecule has 0 unspecified atom stereocenters. The van der Waals surface area contributed by atoms with Crippen LogP contribution in [0.25, 0.3) is 0 Å². The summed E-state index contributed by atoms with van der Waals surface area (Å²) in [6.45, 7) is 5.84. The van der Waals surface area contributed by atoms with Gasteiger partial charge < -0.3 is 5.32 Å². The Morgan fingerprint density at radius 2 is 2.11 bits per heavy atom. The molecule has 1 heterocycles. The summed E-state index contributed by atoms with van der Waals surface area (Å²) >= 11 is 0. The topological polar surface area (TPSA) is 46.9 Å². The van der Waals surface area contributed by atoms with Gasteiger partial charge in [0.2, 0.25) is 0 Å². The van der Waals surface area contributed by atoms with Crippen LogP contribution in [0.15, 0.2) is 17.2 Å². The first-order valence-electron chi connectivity index (χ1n) is 6.91. The van der Waals surface area contributed by atoms with Gasteiger partial charge in [-0.05, 0) is 44.1 Å². The Bertz CT molecular complexity index is 433. The van der Waals surface area contributed by atoms with E-state index in [-0.39, 0.29) is 5.69 Å². The molecular formula is C14H23N3O. The molecule has 0 aromatic carbocycles. The summed E-state index contributed by atoms with van der Waals surface area (Å²) < 4.78 is 1.69. The molecule has 1 aliphatic rings. The molecule has 0 saturated heterocycles. The van der Waals surface area contributed by atoms with Crippen molar-refractivity contribution in [2.45, 2.75) is 52.1 Å². The lowest BCUT2D eigenvalue weighted by Gasteiger charge is -2.27. The maximum Gasteiger partial charge on any atom is 0.347 e. The van der Waals surface area contributed by atoms with E-state index in [0.29, 0.717) is 12.6 Å². The van der Waals surface area contributed by atoms with Crippen LogP contribution in [-0.2, 0) is 6.54 Å². The SMILES string of the molecule is Cc1cnc(=O)n(CCNC2CCC(C)CC2)c1. The molecule has 0 aliphatic heterocycles. The van der Waals surface area contributed by atoms with Crippen LogP contribution < -0.4 is 11.0 Å². The summed E-state index contributed by atoms with van der Waals surface area (Å²) in [6.07, 6.45) is 8.67. The zero-order valence-corrected chi connectivity index (χ0v) is 11.4. The van der Waals surface area contributed by atoms with E-state index in [1.54, 1.807) is 10.8 Å². The van der Waals surface area contributed by atoms with Crippen LogP contribution in [0.4, 0.5) is 0 Å². The van der Waals surface area contributed by atoms with E-state index >= 15 is 0 Å². The molecule has 1 aromatic heterocycles. The lowest BCUT2D eigenvalue weighted by molar-refractivity contribution is 0.304. The van der Waals surface area contributed by atoms with E-state index in [1.807, 2.05) is 13.1 Å². The van der Waals surface area contributed by atoms with Crippen molar-refractivity contribution in [2.24, 2.45) is 5.92 Å². The molecule has 1 aromatic rings. The third-order valence-electron chi connectivity index (χ3n) is 3.79. The molecule has 0 amide bonds. The maximum atomic E-state index is 11.5. The zero-order chi connectivity index (χ0) is 13.0. The Labute approximate surface area is 108 Å². The van der Waals surface area contributed by atoms with Crippen molar-refractivity contribution in [1.82, 2.24) is 14.9 Å². The van der Waals surface area contributed by atoms with Gasteiger partial charge in [0, 0.05) is 31.5 Å². The number of nitrogens with zero attached hydrogens (tertiary/aromatic N) is 2.